The van der Waals surface area contributed by atoms with Crippen LogP contribution < -0.4 is 4.74 Å². The number of nitrogens with zero attached hydrogens (tertiary/aromatic N) is 1. The smallest absolute Gasteiger partial charge is 0.123 e. The fourth-order valence-corrected chi connectivity index (χ4v) is 2.06. The molecule has 2 nitrogen and oxygen atoms in total. The third-order valence-electron chi connectivity index (χ3n) is 2.88. The van der Waals surface area contributed by atoms with Crippen LogP contribution in [0.2, 0.25) is 0 Å². The first-order chi connectivity index (χ1) is 8.58. The third kappa shape index (κ3) is 2.70. The molecule has 0 spiro atoms. The second-order valence-electron chi connectivity index (χ2n) is 4.84. The highest BCUT2D eigenvalue weighted by Gasteiger charge is 2.08. The molecule has 1 heterocycles. The van der Waals surface area contributed by atoms with Crippen LogP contribution in [0.5, 0.6) is 5.75 Å². The lowest BCUT2D eigenvalue weighted by Gasteiger charge is -2.16. The maximum Gasteiger partial charge on any atom is 0.123 e. The number of benzene rings is 1. The van der Waals surface area contributed by atoms with E-state index in [2.05, 4.69) is 31.0 Å². The number of aryl methyl sites for hydroxylation is 2. The van der Waals surface area contributed by atoms with E-state index in [1.807, 2.05) is 38.4 Å². The largest absolute Gasteiger partial charge is 0.491 e. The van der Waals surface area contributed by atoms with Crippen LogP contribution in [0.25, 0.3) is 11.1 Å². The van der Waals surface area contributed by atoms with Gasteiger partial charge in [0.05, 0.1) is 6.10 Å². The first kappa shape index (κ1) is 12.6. The van der Waals surface area contributed by atoms with Crippen molar-refractivity contribution in [1.82, 2.24) is 4.98 Å². The van der Waals surface area contributed by atoms with E-state index < -0.39 is 0 Å². The quantitative estimate of drug-likeness (QED) is 0.805. The van der Waals surface area contributed by atoms with Gasteiger partial charge in [0.1, 0.15) is 5.75 Å². The standard InChI is InChI=1S/C16H19NO/c1-11(2)18-16-10-15(12(3)9-13(16)4)14-5-7-17-8-6-14/h5-11H,1-4H3. The molecule has 2 aromatic rings. The van der Waals surface area contributed by atoms with Gasteiger partial charge >= 0.3 is 0 Å². The number of rotatable bonds is 3. The SMILES string of the molecule is Cc1cc(C)c(-c2ccncc2)cc1OC(C)C. The van der Waals surface area contributed by atoms with E-state index in [1.165, 1.54) is 22.3 Å². The lowest BCUT2D eigenvalue weighted by molar-refractivity contribution is 0.241. The third-order valence-corrected chi connectivity index (χ3v) is 2.88. The van der Waals surface area contributed by atoms with Crippen molar-refractivity contribution in [2.45, 2.75) is 33.8 Å². The number of pyridine rings is 1. The predicted molar refractivity (Wildman–Crippen MR) is 74.9 cm³/mol. The number of hydrogen-bond acceptors (Lipinski definition) is 2. The number of aromatic nitrogens is 1. The molecule has 0 unspecified atom stereocenters. The van der Waals surface area contributed by atoms with Gasteiger partial charge in [0.25, 0.3) is 0 Å². The molecule has 18 heavy (non-hydrogen) atoms. The van der Waals surface area contributed by atoms with Gasteiger partial charge in [-0.25, -0.2) is 0 Å². The summed E-state index contributed by atoms with van der Waals surface area (Å²) in [7, 11) is 0. The van der Waals surface area contributed by atoms with Crippen LogP contribution >= 0.6 is 0 Å². The Morgan fingerprint density at radius 1 is 1.00 bits per heavy atom. The van der Waals surface area contributed by atoms with Crippen LogP contribution in [0.3, 0.4) is 0 Å². The normalized spacial score (nSPS) is 10.7. The Morgan fingerprint density at radius 3 is 2.28 bits per heavy atom. The lowest BCUT2D eigenvalue weighted by atomic mass is 9.99. The summed E-state index contributed by atoms with van der Waals surface area (Å²) in [6.07, 6.45) is 3.83. The van der Waals surface area contributed by atoms with Crippen molar-refractivity contribution >= 4 is 0 Å². The average molecular weight is 241 g/mol. The molecule has 2 rings (SSSR count). The molecule has 0 aliphatic rings. The highest BCUT2D eigenvalue weighted by molar-refractivity contribution is 5.69. The molecule has 0 aliphatic heterocycles. The van der Waals surface area contributed by atoms with Gasteiger partial charge in [0.15, 0.2) is 0 Å². The van der Waals surface area contributed by atoms with Crippen LogP contribution in [-0.4, -0.2) is 11.1 Å². The van der Waals surface area contributed by atoms with Gasteiger partial charge in [-0.05, 0) is 68.1 Å². The lowest BCUT2D eigenvalue weighted by Crippen LogP contribution is -2.07. The molecular weight excluding hydrogens is 222 g/mol. The van der Waals surface area contributed by atoms with E-state index in [0.29, 0.717) is 0 Å². The van der Waals surface area contributed by atoms with Crippen LogP contribution in [0.4, 0.5) is 0 Å². The molecule has 1 aromatic carbocycles. The minimum Gasteiger partial charge on any atom is -0.491 e. The van der Waals surface area contributed by atoms with Gasteiger partial charge in [-0.3, -0.25) is 4.98 Å². The van der Waals surface area contributed by atoms with Gasteiger partial charge in [0.2, 0.25) is 0 Å². The first-order valence-electron chi connectivity index (χ1n) is 6.26. The maximum atomic E-state index is 5.85. The van der Waals surface area contributed by atoms with Crippen LogP contribution in [-0.2, 0) is 0 Å². The highest BCUT2D eigenvalue weighted by Crippen LogP contribution is 2.30. The summed E-state index contributed by atoms with van der Waals surface area (Å²) in [6, 6.07) is 8.35. The van der Waals surface area contributed by atoms with E-state index in [4.69, 9.17) is 4.74 Å². The Hall–Kier alpha value is -1.83. The predicted octanol–water partition coefficient (Wildman–Crippen LogP) is 4.15. The molecule has 0 radical (unpaired) electrons. The van der Waals surface area contributed by atoms with E-state index in [9.17, 15) is 0 Å². The molecule has 1 aromatic heterocycles. The molecule has 0 aliphatic carbocycles. The second-order valence-corrected chi connectivity index (χ2v) is 4.84. The van der Waals surface area contributed by atoms with Gasteiger partial charge in [-0.1, -0.05) is 6.07 Å². The molecule has 0 bridgehead atoms. The average Bonchev–Trinajstić information content (AvgIpc) is 2.33. The van der Waals surface area contributed by atoms with Crippen molar-refractivity contribution in [3.63, 3.8) is 0 Å². The molecular formula is C16H19NO. The topological polar surface area (TPSA) is 22.1 Å². The Balaban J connectivity index is 2.48. The first-order valence-corrected chi connectivity index (χ1v) is 6.26. The van der Waals surface area contributed by atoms with E-state index >= 15 is 0 Å². The van der Waals surface area contributed by atoms with E-state index in [1.54, 1.807) is 0 Å². The maximum absolute atomic E-state index is 5.85. The fraction of sp³-hybridized carbons (Fsp3) is 0.312. The van der Waals surface area contributed by atoms with Crippen LogP contribution in [0, 0.1) is 13.8 Å². The molecule has 94 valence electrons. The monoisotopic (exact) mass is 241 g/mol. The van der Waals surface area contributed by atoms with Gasteiger partial charge in [-0.15, -0.1) is 0 Å². The number of hydrogen-bond donors (Lipinski definition) is 0. The molecule has 2 heteroatoms. The summed E-state index contributed by atoms with van der Waals surface area (Å²) in [5, 5.41) is 0. The Labute approximate surface area is 109 Å². The Morgan fingerprint density at radius 2 is 1.67 bits per heavy atom. The molecule has 0 saturated heterocycles. The zero-order chi connectivity index (χ0) is 13.1. The second kappa shape index (κ2) is 5.21. The van der Waals surface area contributed by atoms with Crippen molar-refractivity contribution in [1.29, 1.82) is 0 Å². The molecule has 0 saturated carbocycles. The summed E-state index contributed by atoms with van der Waals surface area (Å²) in [4.78, 5) is 4.06. The van der Waals surface area contributed by atoms with E-state index in [-0.39, 0.29) is 6.10 Å². The van der Waals surface area contributed by atoms with Crippen molar-refractivity contribution in [2.24, 2.45) is 0 Å². The number of ether oxygens (including phenoxy) is 1. The summed E-state index contributed by atoms with van der Waals surface area (Å²) in [6.45, 7) is 8.31. The highest BCUT2D eigenvalue weighted by atomic mass is 16.5. The van der Waals surface area contributed by atoms with Crippen LogP contribution in [0.15, 0.2) is 36.7 Å². The molecule has 0 fully saturated rings. The van der Waals surface area contributed by atoms with Crippen molar-refractivity contribution < 1.29 is 4.74 Å². The summed E-state index contributed by atoms with van der Waals surface area (Å²) in [5.74, 6) is 0.961. The van der Waals surface area contributed by atoms with Crippen molar-refractivity contribution in [3.05, 3.63) is 47.8 Å². The van der Waals surface area contributed by atoms with Gasteiger partial charge < -0.3 is 4.74 Å². The fourth-order valence-electron chi connectivity index (χ4n) is 2.06. The summed E-state index contributed by atoms with van der Waals surface area (Å²) < 4.78 is 5.85. The molecule has 0 atom stereocenters. The Bertz CT molecular complexity index is 532. The van der Waals surface area contributed by atoms with Gasteiger partial charge in [-0.2, -0.15) is 0 Å². The summed E-state index contributed by atoms with van der Waals surface area (Å²) >= 11 is 0. The van der Waals surface area contributed by atoms with Crippen molar-refractivity contribution in [3.8, 4) is 16.9 Å². The molecule has 0 N–H and O–H groups in total. The zero-order valence-corrected chi connectivity index (χ0v) is 11.4. The van der Waals surface area contributed by atoms with Gasteiger partial charge in [0, 0.05) is 12.4 Å². The van der Waals surface area contributed by atoms with E-state index in [0.717, 1.165) is 5.75 Å². The zero-order valence-electron chi connectivity index (χ0n) is 11.4. The summed E-state index contributed by atoms with van der Waals surface area (Å²) in [5.41, 5.74) is 4.82. The minimum atomic E-state index is 0.191. The van der Waals surface area contributed by atoms with Crippen LogP contribution in [0.1, 0.15) is 25.0 Å². The Kier molecular flexibility index (Phi) is 3.66. The van der Waals surface area contributed by atoms with Crippen molar-refractivity contribution in [2.75, 3.05) is 0 Å². The minimum absolute atomic E-state index is 0.191. The molecule has 0 amide bonds.